The van der Waals surface area contributed by atoms with Crippen LogP contribution in [0.4, 0.5) is 4.79 Å². The third kappa shape index (κ3) is 5.13. The van der Waals surface area contributed by atoms with Crippen molar-refractivity contribution in [1.29, 1.82) is 0 Å². The third-order valence-electron chi connectivity index (χ3n) is 4.29. The van der Waals surface area contributed by atoms with Gasteiger partial charge in [-0.05, 0) is 51.3 Å². The molecule has 2 rings (SSSR count). The second-order valence-corrected chi connectivity index (χ2v) is 5.85. The van der Waals surface area contributed by atoms with Gasteiger partial charge in [-0.2, -0.15) is 0 Å². The van der Waals surface area contributed by atoms with Crippen molar-refractivity contribution in [3.63, 3.8) is 0 Å². The van der Waals surface area contributed by atoms with Crippen molar-refractivity contribution in [2.24, 2.45) is 0 Å². The van der Waals surface area contributed by atoms with Crippen LogP contribution in [-0.4, -0.2) is 43.3 Å². The fraction of sp³-hybridized carbons (Fsp3) is 0.611. The number of likely N-dealkylation sites (tertiary alicyclic amines) is 1. The Bertz CT molecular complexity index is 482. The predicted octanol–water partition coefficient (Wildman–Crippen LogP) is 3.36. The highest BCUT2D eigenvalue weighted by Gasteiger charge is 2.25. The molecule has 1 atom stereocenters. The molecule has 1 aliphatic heterocycles. The van der Waals surface area contributed by atoms with E-state index in [0.717, 1.165) is 31.7 Å². The lowest BCUT2D eigenvalue weighted by Crippen LogP contribution is -2.40. The molecule has 1 heterocycles. The molecule has 1 amide bonds. The number of hydrogen-bond donors (Lipinski definition) is 1. The molecule has 5 nitrogen and oxygen atoms in total. The van der Waals surface area contributed by atoms with Gasteiger partial charge in [0.2, 0.25) is 0 Å². The van der Waals surface area contributed by atoms with Gasteiger partial charge in [0.25, 0.3) is 0 Å². The van der Waals surface area contributed by atoms with E-state index in [1.807, 2.05) is 26.0 Å². The van der Waals surface area contributed by atoms with Crippen LogP contribution >= 0.6 is 0 Å². The van der Waals surface area contributed by atoms with Crippen LogP contribution in [0.1, 0.15) is 45.2 Å². The summed E-state index contributed by atoms with van der Waals surface area (Å²) in [6.45, 7) is 9.28. The molecular formula is C18H28N2O3. The van der Waals surface area contributed by atoms with Crippen LogP contribution in [0.15, 0.2) is 24.3 Å². The third-order valence-corrected chi connectivity index (χ3v) is 4.29. The SMILES string of the molecule is CCNC(=O)OC1CCN(C(C)c2ccc(OCC)cc2)CC1. The molecule has 5 heteroatoms. The molecule has 1 fully saturated rings. The minimum Gasteiger partial charge on any atom is -0.494 e. The number of hydrogen-bond acceptors (Lipinski definition) is 4. The average Bonchev–Trinajstić information content (AvgIpc) is 2.56. The zero-order chi connectivity index (χ0) is 16.7. The number of rotatable bonds is 6. The number of nitrogens with zero attached hydrogens (tertiary/aromatic N) is 1. The molecule has 1 saturated heterocycles. The van der Waals surface area contributed by atoms with Crippen molar-refractivity contribution in [2.45, 2.75) is 45.8 Å². The molecule has 0 aromatic heterocycles. The van der Waals surface area contributed by atoms with Gasteiger partial charge in [0.05, 0.1) is 6.61 Å². The van der Waals surface area contributed by atoms with Gasteiger partial charge in [-0.25, -0.2) is 4.79 Å². The van der Waals surface area contributed by atoms with E-state index in [0.29, 0.717) is 19.2 Å². The van der Waals surface area contributed by atoms with Crippen LogP contribution in [0.2, 0.25) is 0 Å². The van der Waals surface area contributed by atoms with Crippen molar-refractivity contribution in [3.8, 4) is 5.75 Å². The van der Waals surface area contributed by atoms with Crippen molar-refractivity contribution in [2.75, 3.05) is 26.2 Å². The highest BCUT2D eigenvalue weighted by atomic mass is 16.6. The summed E-state index contributed by atoms with van der Waals surface area (Å²) in [6.07, 6.45) is 1.51. The molecule has 0 spiro atoms. The van der Waals surface area contributed by atoms with Gasteiger partial charge in [-0.1, -0.05) is 12.1 Å². The fourth-order valence-corrected chi connectivity index (χ4v) is 2.94. The van der Waals surface area contributed by atoms with Crippen LogP contribution in [0.5, 0.6) is 5.75 Å². The first-order valence-corrected chi connectivity index (χ1v) is 8.55. The van der Waals surface area contributed by atoms with Crippen LogP contribution in [0.25, 0.3) is 0 Å². The number of alkyl carbamates (subject to hydrolysis) is 1. The van der Waals surface area contributed by atoms with Crippen LogP contribution in [-0.2, 0) is 4.74 Å². The number of nitrogens with one attached hydrogen (secondary N) is 1. The van der Waals surface area contributed by atoms with Gasteiger partial charge in [0, 0.05) is 25.7 Å². The number of ether oxygens (including phenoxy) is 2. The standard InChI is InChI=1S/C18H28N2O3/c1-4-19-18(21)23-17-10-12-20(13-11-17)14(3)15-6-8-16(9-7-15)22-5-2/h6-9,14,17H,4-5,10-13H2,1-3H3,(H,19,21). The Balaban J connectivity index is 1.83. The monoisotopic (exact) mass is 320 g/mol. The van der Waals surface area contributed by atoms with Gasteiger partial charge >= 0.3 is 6.09 Å². The van der Waals surface area contributed by atoms with Gasteiger partial charge in [-0.15, -0.1) is 0 Å². The van der Waals surface area contributed by atoms with E-state index in [-0.39, 0.29) is 12.2 Å². The molecule has 23 heavy (non-hydrogen) atoms. The molecule has 1 N–H and O–H groups in total. The quantitative estimate of drug-likeness (QED) is 0.873. The lowest BCUT2D eigenvalue weighted by atomic mass is 10.0. The number of carbonyl (C=O) groups excluding carboxylic acids is 1. The van der Waals surface area contributed by atoms with Crippen LogP contribution in [0.3, 0.4) is 0 Å². The Hall–Kier alpha value is -1.75. The summed E-state index contributed by atoms with van der Waals surface area (Å²) in [5, 5.41) is 2.68. The highest BCUT2D eigenvalue weighted by Crippen LogP contribution is 2.26. The number of carbonyl (C=O) groups is 1. The van der Waals surface area contributed by atoms with Crippen molar-refractivity contribution < 1.29 is 14.3 Å². The summed E-state index contributed by atoms with van der Waals surface area (Å²) in [7, 11) is 0. The minimum absolute atomic E-state index is 0.0327. The maximum Gasteiger partial charge on any atom is 0.407 e. The van der Waals surface area contributed by atoms with Crippen molar-refractivity contribution >= 4 is 6.09 Å². The van der Waals surface area contributed by atoms with E-state index < -0.39 is 0 Å². The smallest absolute Gasteiger partial charge is 0.407 e. The summed E-state index contributed by atoms with van der Waals surface area (Å²) in [4.78, 5) is 13.9. The molecule has 0 saturated carbocycles. The van der Waals surface area contributed by atoms with E-state index in [2.05, 4.69) is 29.3 Å². The lowest BCUT2D eigenvalue weighted by Gasteiger charge is -2.35. The van der Waals surface area contributed by atoms with Crippen molar-refractivity contribution in [3.05, 3.63) is 29.8 Å². The topological polar surface area (TPSA) is 50.8 Å². The minimum atomic E-state index is -0.300. The van der Waals surface area contributed by atoms with Gasteiger partial charge in [0.15, 0.2) is 0 Å². The van der Waals surface area contributed by atoms with E-state index in [1.165, 1.54) is 5.56 Å². The van der Waals surface area contributed by atoms with E-state index in [9.17, 15) is 4.79 Å². The molecule has 1 aliphatic rings. The zero-order valence-electron chi connectivity index (χ0n) is 14.4. The van der Waals surface area contributed by atoms with Crippen molar-refractivity contribution in [1.82, 2.24) is 10.2 Å². The second kappa shape index (κ2) is 8.77. The zero-order valence-corrected chi connectivity index (χ0v) is 14.4. The number of benzene rings is 1. The summed E-state index contributed by atoms with van der Waals surface area (Å²) in [5.41, 5.74) is 1.29. The molecule has 0 aliphatic carbocycles. The average molecular weight is 320 g/mol. The second-order valence-electron chi connectivity index (χ2n) is 5.85. The van der Waals surface area contributed by atoms with Gasteiger partial charge in [-0.3, -0.25) is 4.90 Å². The normalized spacial score (nSPS) is 17.5. The van der Waals surface area contributed by atoms with E-state index in [4.69, 9.17) is 9.47 Å². The predicted molar refractivity (Wildman–Crippen MR) is 90.8 cm³/mol. The van der Waals surface area contributed by atoms with Crippen LogP contribution < -0.4 is 10.1 Å². The Morgan fingerprint density at radius 2 is 1.91 bits per heavy atom. The highest BCUT2D eigenvalue weighted by molar-refractivity contribution is 5.67. The Morgan fingerprint density at radius 1 is 1.26 bits per heavy atom. The molecule has 0 bridgehead atoms. The van der Waals surface area contributed by atoms with Crippen LogP contribution in [0, 0.1) is 0 Å². The summed E-state index contributed by atoms with van der Waals surface area (Å²) < 4.78 is 10.9. The van der Waals surface area contributed by atoms with E-state index in [1.54, 1.807) is 0 Å². The molecule has 1 aromatic carbocycles. The molecule has 128 valence electrons. The maximum absolute atomic E-state index is 11.5. The first kappa shape index (κ1) is 17.6. The Morgan fingerprint density at radius 3 is 2.48 bits per heavy atom. The lowest BCUT2D eigenvalue weighted by molar-refractivity contribution is 0.0402. The van der Waals surface area contributed by atoms with E-state index >= 15 is 0 Å². The number of piperidine rings is 1. The molecule has 1 aromatic rings. The Kier molecular flexibility index (Phi) is 6.71. The summed E-state index contributed by atoms with van der Waals surface area (Å²) in [6, 6.07) is 8.68. The molecule has 1 unspecified atom stereocenters. The Labute approximate surface area is 139 Å². The maximum atomic E-state index is 11.5. The molecule has 0 radical (unpaired) electrons. The summed E-state index contributed by atoms with van der Waals surface area (Å²) >= 11 is 0. The largest absolute Gasteiger partial charge is 0.494 e. The van der Waals surface area contributed by atoms with Gasteiger partial charge in [0.1, 0.15) is 11.9 Å². The molecular weight excluding hydrogens is 292 g/mol. The first-order chi connectivity index (χ1) is 11.1. The summed E-state index contributed by atoms with van der Waals surface area (Å²) in [5.74, 6) is 0.914. The first-order valence-electron chi connectivity index (χ1n) is 8.55. The fourth-order valence-electron chi connectivity index (χ4n) is 2.94. The number of amides is 1. The van der Waals surface area contributed by atoms with Gasteiger partial charge < -0.3 is 14.8 Å².